The van der Waals surface area contributed by atoms with Gasteiger partial charge in [0, 0.05) is 26.2 Å². The molecular formula is C22H31N3O4. The van der Waals surface area contributed by atoms with Crippen LogP contribution >= 0.6 is 0 Å². The zero-order valence-electron chi connectivity index (χ0n) is 17.4. The lowest BCUT2D eigenvalue weighted by molar-refractivity contribution is 0.0951. The molecule has 1 saturated heterocycles. The number of amides is 1. The summed E-state index contributed by atoms with van der Waals surface area (Å²) in [6.07, 6.45) is 4.82. The number of benzene rings is 1. The van der Waals surface area contributed by atoms with Crippen LogP contribution in [0.3, 0.4) is 0 Å². The number of rotatable bonds is 9. The summed E-state index contributed by atoms with van der Waals surface area (Å²) in [5.74, 6) is 1.34. The molecule has 0 unspecified atom stereocenters. The number of carbonyl (C=O) groups excluding carboxylic acids is 1. The van der Waals surface area contributed by atoms with E-state index < -0.39 is 0 Å². The summed E-state index contributed by atoms with van der Waals surface area (Å²) in [6.45, 7) is 6.40. The van der Waals surface area contributed by atoms with Crippen LogP contribution in [-0.4, -0.2) is 69.2 Å². The lowest BCUT2D eigenvalue weighted by atomic mass is 10.2. The van der Waals surface area contributed by atoms with Gasteiger partial charge < -0.3 is 24.1 Å². The Kier molecular flexibility index (Phi) is 7.95. The maximum atomic E-state index is 11.9. The molecule has 1 aliphatic rings. The van der Waals surface area contributed by atoms with Gasteiger partial charge in [0.05, 0.1) is 25.5 Å². The standard InChI is InChI=1S/C22H31N3O4/c1-24-9-4-10-25(12-11-24)16-18-5-6-20(27-2)21(15-18)29-13-3-8-23-22(26)19-7-14-28-17-19/h5-7,14-15,17H,3-4,8-13,16H2,1-2H3,(H,23,26). The van der Waals surface area contributed by atoms with E-state index in [0.717, 1.165) is 44.2 Å². The summed E-state index contributed by atoms with van der Waals surface area (Å²) in [6, 6.07) is 7.78. The number of likely N-dealkylation sites (N-methyl/N-ethyl adjacent to an activating group) is 1. The van der Waals surface area contributed by atoms with Crippen molar-refractivity contribution in [3.63, 3.8) is 0 Å². The minimum atomic E-state index is -0.138. The molecule has 29 heavy (non-hydrogen) atoms. The van der Waals surface area contributed by atoms with Gasteiger partial charge in [0.15, 0.2) is 11.5 Å². The van der Waals surface area contributed by atoms with Crippen LogP contribution in [0.5, 0.6) is 11.5 Å². The van der Waals surface area contributed by atoms with Gasteiger partial charge in [-0.05, 0) is 56.7 Å². The topological polar surface area (TPSA) is 67.2 Å². The van der Waals surface area contributed by atoms with Crippen LogP contribution in [0, 0.1) is 0 Å². The minimum absolute atomic E-state index is 0.138. The number of hydrogen-bond donors (Lipinski definition) is 1. The van der Waals surface area contributed by atoms with Crippen molar-refractivity contribution in [1.82, 2.24) is 15.1 Å². The van der Waals surface area contributed by atoms with E-state index in [1.54, 1.807) is 13.2 Å². The van der Waals surface area contributed by atoms with Gasteiger partial charge in [0.1, 0.15) is 6.26 Å². The first-order valence-corrected chi connectivity index (χ1v) is 10.2. The highest BCUT2D eigenvalue weighted by atomic mass is 16.5. The summed E-state index contributed by atoms with van der Waals surface area (Å²) < 4.78 is 16.3. The number of nitrogens with one attached hydrogen (secondary N) is 1. The van der Waals surface area contributed by atoms with Crippen molar-refractivity contribution in [3.8, 4) is 11.5 Å². The second kappa shape index (κ2) is 10.9. The Hall–Kier alpha value is -2.51. The molecule has 0 saturated carbocycles. The minimum Gasteiger partial charge on any atom is -0.493 e. The summed E-state index contributed by atoms with van der Waals surface area (Å²) in [7, 11) is 3.83. The molecule has 1 amide bonds. The molecule has 3 rings (SSSR count). The molecule has 0 atom stereocenters. The highest BCUT2D eigenvalue weighted by Gasteiger charge is 2.14. The third-order valence-corrected chi connectivity index (χ3v) is 5.09. The molecule has 2 aromatic rings. The van der Waals surface area contributed by atoms with Crippen molar-refractivity contribution in [1.29, 1.82) is 0 Å². The number of furan rings is 1. The van der Waals surface area contributed by atoms with E-state index in [1.165, 1.54) is 24.5 Å². The van der Waals surface area contributed by atoms with E-state index in [2.05, 4.69) is 34.3 Å². The lowest BCUT2D eigenvalue weighted by Crippen LogP contribution is -2.28. The average molecular weight is 402 g/mol. The fourth-order valence-electron chi connectivity index (χ4n) is 3.40. The molecule has 1 N–H and O–H groups in total. The predicted octanol–water partition coefficient (Wildman–Crippen LogP) is 2.62. The average Bonchev–Trinajstić information content (AvgIpc) is 3.19. The quantitative estimate of drug-likeness (QED) is 0.652. The van der Waals surface area contributed by atoms with Gasteiger partial charge in [-0.2, -0.15) is 0 Å². The Morgan fingerprint density at radius 1 is 1.17 bits per heavy atom. The van der Waals surface area contributed by atoms with E-state index >= 15 is 0 Å². The highest BCUT2D eigenvalue weighted by Crippen LogP contribution is 2.28. The zero-order chi connectivity index (χ0) is 20.5. The predicted molar refractivity (Wildman–Crippen MR) is 112 cm³/mol. The van der Waals surface area contributed by atoms with E-state index in [-0.39, 0.29) is 5.91 Å². The van der Waals surface area contributed by atoms with Crippen LogP contribution in [0.25, 0.3) is 0 Å². The molecule has 7 heteroatoms. The van der Waals surface area contributed by atoms with E-state index in [4.69, 9.17) is 13.9 Å². The first kappa shape index (κ1) is 21.2. The highest BCUT2D eigenvalue weighted by molar-refractivity contribution is 5.93. The monoisotopic (exact) mass is 401 g/mol. The second-order valence-corrected chi connectivity index (χ2v) is 7.39. The molecule has 1 fully saturated rings. The Balaban J connectivity index is 1.47. The van der Waals surface area contributed by atoms with Crippen molar-refractivity contribution < 1.29 is 18.7 Å². The van der Waals surface area contributed by atoms with E-state index in [0.29, 0.717) is 25.1 Å². The normalized spacial score (nSPS) is 15.7. The van der Waals surface area contributed by atoms with Crippen molar-refractivity contribution in [2.24, 2.45) is 0 Å². The van der Waals surface area contributed by atoms with Crippen molar-refractivity contribution in [2.75, 3.05) is 53.5 Å². The van der Waals surface area contributed by atoms with Gasteiger partial charge in [-0.1, -0.05) is 6.07 Å². The molecule has 2 heterocycles. The third-order valence-electron chi connectivity index (χ3n) is 5.09. The molecule has 0 spiro atoms. The number of hydrogen-bond acceptors (Lipinski definition) is 6. The summed E-state index contributed by atoms with van der Waals surface area (Å²) in [4.78, 5) is 16.7. The summed E-state index contributed by atoms with van der Waals surface area (Å²) in [5.41, 5.74) is 1.75. The Morgan fingerprint density at radius 3 is 2.86 bits per heavy atom. The third kappa shape index (κ3) is 6.51. The van der Waals surface area contributed by atoms with E-state index in [1.807, 2.05) is 6.07 Å². The van der Waals surface area contributed by atoms with Crippen LogP contribution in [0.4, 0.5) is 0 Å². The van der Waals surface area contributed by atoms with Crippen LogP contribution in [0.2, 0.25) is 0 Å². The molecule has 0 aliphatic carbocycles. The molecular weight excluding hydrogens is 370 g/mol. The molecule has 1 aromatic carbocycles. The molecule has 1 aromatic heterocycles. The van der Waals surface area contributed by atoms with Crippen molar-refractivity contribution in [3.05, 3.63) is 47.9 Å². The maximum Gasteiger partial charge on any atom is 0.254 e. The van der Waals surface area contributed by atoms with Crippen LogP contribution in [0.15, 0.2) is 41.2 Å². The first-order valence-electron chi connectivity index (χ1n) is 10.2. The molecule has 7 nitrogen and oxygen atoms in total. The summed E-state index contributed by atoms with van der Waals surface area (Å²) in [5, 5.41) is 2.85. The fourth-order valence-corrected chi connectivity index (χ4v) is 3.40. The molecule has 1 aliphatic heterocycles. The van der Waals surface area contributed by atoms with Gasteiger partial charge in [0.25, 0.3) is 5.91 Å². The molecule has 0 bridgehead atoms. The Bertz CT molecular complexity index is 763. The fraction of sp³-hybridized carbons (Fsp3) is 0.500. The van der Waals surface area contributed by atoms with Gasteiger partial charge >= 0.3 is 0 Å². The van der Waals surface area contributed by atoms with Crippen LogP contribution < -0.4 is 14.8 Å². The molecule has 0 radical (unpaired) electrons. The second-order valence-electron chi connectivity index (χ2n) is 7.39. The number of carbonyl (C=O) groups is 1. The maximum absolute atomic E-state index is 11.9. The van der Waals surface area contributed by atoms with Crippen molar-refractivity contribution in [2.45, 2.75) is 19.4 Å². The number of nitrogens with zero attached hydrogens (tertiary/aromatic N) is 2. The van der Waals surface area contributed by atoms with E-state index in [9.17, 15) is 4.79 Å². The van der Waals surface area contributed by atoms with Gasteiger partial charge in [-0.15, -0.1) is 0 Å². The smallest absolute Gasteiger partial charge is 0.254 e. The number of ether oxygens (including phenoxy) is 2. The van der Waals surface area contributed by atoms with Gasteiger partial charge in [-0.3, -0.25) is 9.69 Å². The molecule has 158 valence electrons. The van der Waals surface area contributed by atoms with Crippen molar-refractivity contribution >= 4 is 5.91 Å². The lowest BCUT2D eigenvalue weighted by Gasteiger charge is -2.21. The van der Waals surface area contributed by atoms with Crippen LogP contribution in [-0.2, 0) is 6.54 Å². The first-order chi connectivity index (χ1) is 14.2. The Labute approximate surface area is 172 Å². The van der Waals surface area contributed by atoms with Gasteiger partial charge in [-0.25, -0.2) is 0 Å². The number of methoxy groups -OCH3 is 1. The zero-order valence-corrected chi connectivity index (χ0v) is 17.4. The largest absolute Gasteiger partial charge is 0.493 e. The van der Waals surface area contributed by atoms with Gasteiger partial charge in [0.2, 0.25) is 0 Å². The SMILES string of the molecule is COc1ccc(CN2CCCN(C)CC2)cc1OCCCNC(=O)c1ccoc1. The van der Waals surface area contributed by atoms with Crippen LogP contribution in [0.1, 0.15) is 28.8 Å². The Morgan fingerprint density at radius 2 is 2.07 bits per heavy atom. The summed E-state index contributed by atoms with van der Waals surface area (Å²) >= 11 is 0.